The highest BCUT2D eigenvalue weighted by molar-refractivity contribution is 5.80. The van der Waals surface area contributed by atoms with E-state index in [2.05, 4.69) is 25.5 Å². The Hall–Kier alpha value is -2.61. The molecule has 0 radical (unpaired) electrons. The van der Waals surface area contributed by atoms with Crippen molar-refractivity contribution in [3.05, 3.63) is 42.6 Å². The molecule has 1 aliphatic heterocycles. The highest BCUT2D eigenvalue weighted by Crippen LogP contribution is 2.15. The van der Waals surface area contributed by atoms with Crippen molar-refractivity contribution in [2.24, 2.45) is 4.99 Å². The van der Waals surface area contributed by atoms with Gasteiger partial charge in [-0.1, -0.05) is 0 Å². The van der Waals surface area contributed by atoms with Crippen molar-refractivity contribution < 1.29 is 9.15 Å². The zero-order chi connectivity index (χ0) is 20.2. The molecule has 1 fully saturated rings. The molecule has 0 aliphatic carbocycles. The lowest BCUT2D eigenvalue weighted by atomic mass is 10.1. The number of nitrogens with one attached hydrogen (secondary N) is 2. The molecule has 0 atom stereocenters. The molecule has 8 heteroatoms. The van der Waals surface area contributed by atoms with Gasteiger partial charge in [-0.3, -0.25) is 4.99 Å². The molecule has 2 aromatic rings. The third-order valence-electron chi connectivity index (χ3n) is 4.84. The first-order valence-electron chi connectivity index (χ1n) is 10.5. The zero-order valence-electron chi connectivity index (χ0n) is 17.2. The van der Waals surface area contributed by atoms with Gasteiger partial charge >= 0.3 is 0 Å². The van der Waals surface area contributed by atoms with Crippen LogP contribution < -0.4 is 15.5 Å². The molecule has 1 aliphatic rings. The number of piperidine rings is 1. The van der Waals surface area contributed by atoms with Gasteiger partial charge in [0, 0.05) is 64.2 Å². The van der Waals surface area contributed by atoms with Gasteiger partial charge in [-0.15, -0.1) is 0 Å². The van der Waals surface area contributed by atoms with E-state index in [1.54, 1.807) is 18.7 Å². The third kappa shape index (κ3) is 7.38. The van der Waals surface area contributed by atoms with E-state index in [1.165, 1.54) is 0 Å². The summed E-state index contributed by atoms with van der Waals surface area (Å²) in [4.78, 5) is 15.7. The van der Waals surface area contributed by atoms with E-state index in [1.807, 2.05) is 25.1 Å². The van der Waals surface area contributed by atoms with Crippen LogP contribution in [0, 0.1) is 0 Å². The van der Waals surface area contributed by atoms with E-state index < -0.39 is 0 Å². The largest absolute Gasteiger partial charge is 0.469 e. The van der Waals surface area contributed by atoms with Crippen molar-refractivity contribution in [3.63, 3.8) is 0 Å². The van der Waals surface area contributed by atoms with Crippen LogP contribution in [0.4, 0.5) is 5.95 Å². The number of guanidine groups is 1. The first-order valence-corrected chi connectivity index (χ1v) is 10.5. The summed E-state index contributed by atoms with van der Waals surface area (Å²) in [6.45, 7) is 6.90. The Morgan fingerprint density at radius 1 is 1.28 bits per heavy atom. The Morgan fingerprint density at radius 3 is 2.83 bits per heavy atom. The Bertz CT molecular complexity index is 699. The topological polar surface area (TPSA) is 87.8 Å². The molecule has 0 aromatic carbocycles. The number of ether oxygens (including phenoxy) is 1. The molecule has 3 heterocycles. The highest BCUT2D eigenvalue weighted by Gasteiger charge is 2.21. The number of rotatable bonds is 10. The van der Waals surface area contributed by atoms with E-state index in [9.17, 15) is 0 Å². The number of nitrogens with zero attached hydrogens (tertiary/aromatic N) is 4. The summed E-state index contributed by atoms with van der Waals surface area (Å²) < 4.78 is 10.8. The first kappa shape index (κ1) is 21.1. The molecule has 0 spiro atoms. The minimum Gasteiger partial charge on any atom is -0.469 e. The number of furan rings is 1. The Balaban J connectivity index is 1.46. The summed E-state index contributed by atoms with van der Waals surface area (Å²) >= 11 is 0. The second-order valence-electron chi connectivity index (χ2n) is 6.99. The third-order valence-corrected chi connectivity index (χ3v) is 4.84. The van der Waals surface area contributed by atoms with Gasteiger partial charge in [0.15, 0.2) is 5.96 Å². The summed E-state index contributed by atoms with van der Waals surface area (Å²) in [6.07, 6.45) is 9.09. The van der Waals surface area contributed by atoms with Gasteiger partial charge in [-0.2, -0.15) is 0 Å². The average molecular weight is 401 g/mol. The van der Waals surface area contributed by atoms with Crippen molar-refractivity contribution in [2.75, 3.05) is 44.3 Å². The fourth-order valence-electron chi connectivity index (χ4n) is 3.29. The van der Waals surface area contributed by atoms with Crippen LogP contribution in [-0.2, 0) is 11.2 Å². The maximum absolute atomic E-state index is 5.41. The quantitative estimate of drug-likeness (QED) is 0.359. The number of anilines is 1. The van der Waals surface area contributed by atoms with Crippen molar-refractivity contribution in [1.82, 2.24) is 20.6 Å². The minimum atomic E-state index is 0.386. The molecular weight excluding hydrogens is 368 g/mol. The smallest absolute Gasteiger partial charge is 0.225 e. The highest BCUT2D eigenvalue weighted by atomic mass is 16.5. The van der Waals surface area contributed by atoms with Crippen LogP contribution in [-0.4, -0.2) is 61.4 Å². The SMILES string of the molecule is CCOCCCN=C(NCCc1ccco1)NC1CCN(c2ncccn2)CC1. The molecular formula is C21H32N6O2. The Kier molecular flexibility index (Phi) is 8.78. The second-order valence-corrected chi connectivity index (χ2v) is 6.99. The minimum absolute atomic E-state index is 0.386. The van der Waals surface area contributed by atoms with Gasteiger partial charge in [0.2, 0.25) is 5.95 Å². The van der Waals surface area contributed by atoms with Crippen LogP contribution in [0.2, 0.25) is 0 Å². The first-order chi connectivity index (χ1) is 14.3. The molecule has 0 amide bonds. The van der Waals surface area contributed by atoms with Crippen molar-refractivity contribution >= 4 is 11.9 Å². The Labute approximate surface area is 172 Å². The lowest BCUT2D eigenvalue weighted by Crippen LogP contribution is -2.49. The van der Waals surface area contributed by atoms with E-state index in [0.29, 0.717) is 6.04 Å². The van der Waals surface area contributed by atoms with Crippen molar-refractivity contribution in [3.8, 4) is 0 Å². The standard InChI is InChI=1S/C21H32N6O2/c1-2-28-16-5-12-22-20(23-13-7-19-6-3-17-29-19)26-18-8-14-27(15-9-18)21-24-10-4-11-25-21/h3-4,6,10-11,17-18H,2,5,7-9,12-16H2,1H3,(H2,22,23,26). The van der Waals surface area contributed by atoms with Gasteiger partial charge < -0.3 is 24.7 Å². The van der Waals surface area contributed by atoms with E-state index in [0.717, 1.165) is 82.7 Å². The number of hydrogen-bond acceptors (Lipinski definition) is 6. The molecule has 0 saturated carbocycles. The fourth-order valence-corrected chi connectivity index (χ4v) is 3.29. The molecule has 3 rings (SSSR count). The summed E-state index contributed by atoms with van der Waals surface area (Å²) in [5.74, 6) is 2.65. The zero-order valence-corrected chi connectivity index (χ0v) is 17.2. The van der Waals surface area contributed by atoms with Crippen LogP contribution in [0.1, 0.15) is 31.9 Å². The molecule has 0 unspecified atom stereocenters. The van der Waals surface area contributed by atoms with Crippen molar-refractivity contribution in [1.29, 1.82) is 0 Å². The lowest BCUT2D eigenvalue weighted by Gasteiger charge is -2.33. The predicted octanol–water partition coefficient (Wildman–Crippen LogP) is 2.24. The second kappa shape index (κ2) is 12.1. The van der Waals surface area contributed by atoms with Gasteiger partial charge in [-0.25, -0.2) is 9.97 Å². The average Bonchev–Trinajstić information content (AvgIpc) is 3.28. The van der Waals surface area contributed by atoms with Gasteiger partial charge in [-0.05, 0) is 44.4 Å². The molecule has 29 heavy (non-hydrogen) atoms. The Morgan fingerprint density at radius 2 is 2.10 bits per heavy atom. The van der Waals surface area contributed by atoms with E-state index in [4.69, 9.17) is 14.1 Å². The maximum atomic E-state index is 5.41. The van der Waals surface area contributed by atoms with Crippen LogP contribution in [0.15, 0.2) is 46.3 Å². The lowest BCUT2D eigenvalue weighted by molar-refractivity contribution is 0.146. The van der Waals surface area contributed by atoms with E-state index in [-0.39, 0.29) is 0 Å². The van der Waals surface area contributed by atoms with Crippen LogP contribution >= 0.6 is 0 Å². The van der Waals surface area contributed by atoms with Crippen LogP contribution in [0.5, 0.6) is 0 Å². The normalized spacial score (nSPS) is 15.5. The summed E-state index contributed by atoms with van der Waals surface area (Å²) in [5, 5.41) is 7.04. The molecule has 2 N–H and O–H groups in total. The van der Waals surface area contributed by atoms with Gasteiger partial charge in [0.05, 0.1) is 6.26 Å². The summed E-state index contributed by atoms with van der Waals surface area (Å²) in [7, 11) is 0. The number of aliphatic imine (C=N–C) groups is 1. The summed E-state index contributed by atoms with van der Waals surface area (Å²) in [6, 6.07) is 6.15. The van der Waals surface area contributed by atoms with Gasteiger partial charge in [0.1, 0.15) is 5.76 Å². The molecule has 1 saturated heterocycles. The van der Waals surface area contributed by atoms with Crippen molar-refractivity contribution in [2.45, 2.75) is 38.6 Å². The molecule has 0 bridgehead atoms. The fraction of sp³-hybridized carbons (Fsp3) is 0.571. The predicted molar refractivity (Wildman–Crippen MR) is 114 cm³/mol. The molecule has 158 valence electrons. The number of hydrogen-bond donors (Lipinski definition) is 2. The van der Waals surface area contributed by atoms with Gasteiger partial charge in [0.25, 0.3) is 0 Å². The molecule has 8 nitrogen and oxygen atoms in total. The molecule has 2 aromatic heterocycles. The number of aromatic nitrogens is 2. The monoisotopic (exact) mass is 400 g/mol. The summed E-state index contributed by atoms with van der Waals surface area (Å²) in [5.41, 5.74) is 0. The van der Waals surface area contributed by atoms with E-state index >= 15 is 0 Å². The van der Waals surface area contributed by atoms with Crippen LogP contribution in [0.3, 0.4) is 0 Å². The maximum Gasteiger partial charge on any atom is 0.225 e. The van der Waals surface area contributed by atoms with Crippen LogP contribution in [0.25, 0.3) is 0 Å².